The molecule has 3 rings (SSSR count). The van der Waals surface area contributed by atoms with E-state index >= 15 is 0 Å². The van der Waals surface area contributed by atoms with Crippen LogP contribution in [0.1, 0.15) is 42.4 Å². The van der Waals surface area contributed by atoms with Crippen molar-refractivity contribution in [2.45, 2.75) is 52.0 Å². The van der Waals surface area contributed by atoms with Crippen LogP contribution in [0.4, 0.5) is 0 Å². The number of benzene rings is 1. The van der Waals surface area contributed by atoms with Gasteiger partial charge in [0, 0.05) is 25.7 Å². The highest BCUT2D eigenvalue weighted by molar-refractivity contribution is 5.30. The minimum Gasteiger partial charge on any atom is -0.327 e. The molecule has 2 atom stereocenters. The third kappa shape index (κ3) is 3.87. The van der Waals surface area contributed by atoms with Crippen molar-refractivity contribution in [2.24, 2.45) is 17.6 Å². The summed E-state index contributed by atoms with van der Waals surface area (Å²) in [7, 11) is 0. The third-order valence-corrected chi connectivity index (χ3v) is 5.48. The zero-order valence-corrected chi connectivity index (χ0v) is 13.6. The molecular formula is C19H30N2. The molecule has 1 saturated heterocycles. The molecule has 1 aromatic rings. The Morgan fingerprint density at radius 2 is 1.90 bits per heavy atom. The maximum atomic E-state index is 6.32. The first-order valence-corrected chi connectivity index (χ1v) is 8.64. The van der Waals surface area contributed by atoms with E-state index in [2.05, 4.69) is 36.9 Å². The molecule has 0 radical (unpaired) electrons. The largest absolute Gasteiger partial charge is 0.327 e. The van der Waals surface area contributed by atoms with Crippen LogP contribution in [0.3, 0.4) is 0 Å². The molecule has 0 amide bonds. The number of piperidine rings is 1. The molecule has 1 aromatic carbocycles. The summed E-state index contributed by atoms with van der Waals surface area (Å²) in [6.45, 7) is 8.05. The Hall–Kier alpha value is -0.860. The minimum atomic E-state index is 0.371. The standard InChI is InChI=1S/C19H30N2/c1-14-6-7-17(8-15(14)2)9-18-10-19(20)13-21(12-18)11-16-4-3-5-16/h6-8,16,18-19H,3-5,9-13,20H2,1-2H3. The van der Waals surface area contributed by atoms with Gasteiger partial charge in [0.05, 0.1) is 0 Å². The van der Waals surface area contributed by atoms with Crippen molar-refractivity contribution in [1.82, 2.24) is 4.90 Å². The quantitative estimate of drug-likeness (QED) is 0.920. The van der Waals surface area contributed by atoms with Crippen molar-refractivity contribution in [3.63, 3.8) is 0 Å². The number of nitrogens with zero attached hydrogens (tertiary/aromatic N) is 1. The van der Waals surface area contributed by atoms with E-state index in [1.165, 1.54) is 61.9 Å². The van der Waals surface area contributed by atoms with Crippen LogP contribution in [0.25, 0.3) is 0 Å². The Morgan fingerprint density at radius 3 is 2.57 bits per heavy atom. The van der Waals surface area contributed by atoms with E-state index in [0.717, 1.165) is 18.4 Å². The number of likely N-dealkylation sites (tertiary alicyclic amines) is 1. The van der Waals surface area contributed by atoms with Gasteiger partial charge in [-0.15, -0.1) is 0 Å². The molecule has 2 fully saturated rings. The van der Waals surface area contributed by atoms with Gasteiger partial charge in [-0.1, -0.05) is 24.6 Å². The summed E-state index contributed by atoms with van der Waals surface area (Å²) in [5.74, 6) is 1.69. The second-order valence-corrected chi connectivity index (χ2v) is 7.50. The van der Waals surface area contributed by atoms with E-state index in [0.29, 0.717) is 6.04 Å². The first-order chi connectivity index (χ1) is 10.1. The highest BCUT2D eigenvalue weighted by Crippen LogP contribution is 2.29. The van der Waals surface area contributed by atoms with Crippen molar-refractivity contribution < 1.29 is 0 Å². The summed E-state index contributed by atoms with van der Waals surface area (Å²) in [6.07, 6.45) is 6.70. The van der Waals surface area contributed by atoms with Gasteiger partial charge in [0.15, 0.2) is 0 Å². The van der Waals surface area contributed by atoms with Gasteiger partial charge in [-0.25, -0.2) is 0 Å². The first kappa shape index (κ1) is 15.1. The SMILES string of the molecule is Cc1ccc(CC2CC(N)CN(CC3CCC3)C2)cc1C. The number of rotatable bonds is 4. The van der Waals surface area contributed by atoms with E-state index in [9.17, 15) is 0 Å². The lowest BCUT2D eigenvalue weighted by atomic mass is 9.83. The Kier molecular flexibility index (Phi) is 4.66. The highest BCUT2D eigenvalue weighted by atomic mass is 15.2. The minimum absolute atomic E-state index is 0.371. The Labute approximate surface area is 129 Å². The van der Waals surface area contributed by atoms with Crippen molar-refractivity contribution in [3.05, 3.63) is 34.9 Å². The van der Waals surface area contributed by atoms with Crippen LogP contribution in [0.15, 0.2) is 18.2 Å². The summed E-state index contributed by atoms with van der Waals surface area (Å²) >= 11 is 0. The van der Waals surface area contributed by atoms with E-state index < -0.39 is 0 Å². The first-order valence-electron chi connectivity index (χ1n) is 8.64. The second kappa shape index (κ2) is 6.50. The fraction of sp³-hybridized carbons (Fsp3) is 0.684. The van der Waals surface area contributed by atoms with E-state index in [4.69, 9.17) is 5.73 Å². The van der Waals surface area contributed by atoms with Gasteiger partial charge in [-0.05, 0) is 68.1 Å². The maximum Gasteiger partial charge on any atom is 0.0171 e. The van der Waals surface area contributed by atoms with Crippen LogP contribution in [0.5, 0.6) is 0 Å². The van der Waals surface area contributed by atoms with Crippen LogP contribution < -0.4 is 5.73 Å². The van der Waals surface area contributed by atoms with E-state index in [1.807, 2.05) is 0 Å². The smallest absolute Gasteiger partial charge is 0.0171 e. The van der Waals surface area contributed by atoms with Gasteiger partial charge in [0.2, 0.25) is 0 Å². The van der Waals surface area contributed by atoms with Gasteiger partial charge >= 0.3 is 0 Å². The predicted octanol–water partition coefficient (Wildman–Crippen LogP) is 3.30. The fourth-order valence-electron chi connectivity index (χ4n) is 3.95. The molecule has 2 heteroatoms. The molecule has 2 aliphatic rings. The number of hydrogen-bond acceptors (Lipinski definition) is 2. The molecule has 1 heterocycles. The molecule has 0 bridgehead atoms. The monoisotopic (exact) mass is 286 g/mol. The van der Waals surface area contributed by atoms with Crippen LogP contribution in [-0.4, -0.2) is 30.6 Å². The zero-order chi connectivity index (χ0) is 14.8. The van der Waals surface area contributed by atoms with Gasteiger partial charge in [0.1, 0.15) is 0 Å². The Balaban J connectivity index is 1.59. The molecule has 2 N–H and O–H groups in total. The lowest BCUT2D eigenvalue weighted by Crippen LogP contribution is -2.49. The van der Waals surface area contributed by atoms with Crippen molar-refractivity contribution in [2.75, 3.05) is 19.6 Å². The van der Waals surface area contributed by atoms with Crippen LogP contribution >= 0.6 is 0 Å². The van der Waals surface area contributed by atoms with Crippen molar-refractivity contribution >= 4 is 0 Å². The molecule has 21 heavy (non-hydrogen) atoms. The number of hydrogen-bond donors (Lipinski definition) is 1. The highest BCUT2D eigenvalue weighted by Gasteiger charge is 2.28. The average molecular weight is 286 g/mol. The van der Waals surface area contributed by atoms with Crippen LogP contribution in [0, 0.1) is 25.7 Å². The van der Waals surface area contributed by atoms with Crippen molar-refractivity contribution in [3.8, 4) is 0 Å². The predicted molar refractivity (Wildman–Crippen MR) is 89.5 cm³/mol. The van der Waals surface area contributed by atoms with Gasteiger partial charge in [-0.2, -0.15) is 0 Å². The normalized spacial score (nSPS) is 27.6. The lowest BCUT2D eigenvalue weighted by Gasteiger charge is -2.40. The molecule has 116 valence electrons. The van der Waals surface area contributed by atoms with E-state index in [1.54, 1.807) is 0 Å². The molecule has 1 aliphatic carbocycles. The summed E-state index contributed by atoms with van der Waals surface area (Å²) in [5.41, 5.74) is 10.6. The Morgan fingerprint density at radius 1 is 1.10 bits per heavy atom. The zero-order valence-electron chi connectivity index (χ0n) is 13.6. The van der Waals surface area contributed by atoms with Crippen LogP contribution in [-0.2, 0) is 6.42 Å². The van der Waals surface area contributed by atoms with Crippen LogP contribution in [0.2, 0.25) is 0 Å². The summed E-state index contributed by atoms with van der Waals surface area (Å²) < 4.78 is 0. The average Bonchev–Trinajstić information content (AvgIpc) is 2.38. The molecule has 0 spiro atoms. The second-order valence-electron chi connectivity index (χ2n) is 7.50. The topological polar surface area (TPSA) is 29.3 Å². The van der Waals surface area contributed by atoms with E-state index in [-0.39, 0.29) is 0 Å². The maximum absolute atomic E-state index is 6.32. The lowest BCUT2D eigenvalue weighted by molar-refractivity contribution is 0.112. The molecule has 2 unspecified atom stereocenters. The third-order valence-electron chi connectivity index (χ3n) is 5.48. The van der Waals surface area contributed by atoms with Gasteiger partial charge < -0.3 is 10.6 Å². The summed E-state index contributed by atoms with van der Waals surface area (Å²) in [6, 6.07) is 7.31. The summed E-state index contributed by atoms with van der Waals surface area (Å²) in [4.78, 5) is 2.64. The van der Waals surface area contributed by atoms with Gasteiger partial charge in [-0.3, -0.25) is 0 Å². The number of nitrogens with two attached hydrogens (primary N) is 1. The fourth-order valence-corrected chi connectivity index (χ4v) is 3.95. The Bertz CT molecular complexity index is 478. The molecule has 1 saturated carbocycles. The summed E-state index contributed by atoms with van der Waals surface area (Å²) in [5, 5.41) is 0. The molecule has 0 aromatic heterocycles. The number of aryl methyl sites for hydroxylation is 2. The van der Waals surface area contributed by atoms with Crippen molar-refractivity contribution in [1.29, 1.82) is 0 Å². The van der Waals surface area contributed by atoms with Gasteiger partial charge in [0.25, 0.3) is 0 Å². The molecular weight excluding hydrogens is 256 g/mol. The molecule has 1 aliphatic heterocycles. The molecule has 2 nitrogen and oxygen atoms in total.